The molecule has 2 saturated heterocycles. The molecule has 3 amide bonds. The van der Waals surface area contributed by atoms with Gasteiger partial charge < -0.3 is 35.5 Å². The molecule has 1 unspecified atom stereocenters. The van der Waals surface area contributed by atoms with E-state index in [1.54, 1.807) is 42.1 Å². The largest absolute Gasteiger partial charge is 0.481 e. The van der Waals surface area contributed by atoms with Crippen molar-refractivity contribution in [1.82, 2.24) is 40.4 Å². The first kappa shape index (κ1) is 33.9. The lowest BCUT2D eigenvalue weighted by molar-refractivity contribution is -0.138. The number of methoxy groups -OCH3 is 1. The Kier molecular flexibility index (Phi) is 9.73. The fourth-order valence-electron chi connectivity index (χ4n) is 6.60. The molecule has 0 radical (unpaired) electrons. The van der Waals surface area contributed by atoms with E-state index in [1.165, 1.54) is 0 Å². The molecule has 50 heavy (non-hydrogen) atoms. The zero-order valence-electron chi connectivity index (χ0n) is 27.7. The summed E-state index contributed by atoms with van der Waals surface area (Å²) >= 11 is 13.9. The Morgan fingerprint density at radius 1 is 1.06 bits per heavy atom. The molecule has 3 aliphatic rings. The fraction of sp³-hybridized carbons (Fsp3) is 0.371. The predicted molar refractivity (Wildman–Crippen MR) is 189 cm³/mol. The van der Waals surface area contributed by atoms with Gasteiger partial charge in [-0.25, -0.2) is 9.97 Å². The van der Waals surface area contributed by atoms with Crippen LogP contribution in [0.15, 0.2) is 42.6 Å². The van der Waals surface area contributed by atoms with Gasteiger partial charge in [0.15, 0.2) is 5.82 Å². The number of fused-ring (bicyclic) bond motifs is 1. The van der Waals surface area contributed by atoms with Crippen molar-refractivity contribution in [3.63, 3.8) is 0 Å². The summed E-state index contributed by atoms with van der Waals surface area (Å²) in [5.74, 6) is 0.477. The first-order chi connectivity index (χ1) is 24.2. The first-order valence-corrected chi connectivity index (χ1v) is 17.3. The molecular formula is C35H37Cl2N9O4. The van der Waals surface area contributed by atoms with Gasteiger partial charge in [0.05, 0.1) is 52.4 Å². The Bertz CT molecular complexity index is 1980. The molecule has 3 aromatic heterocycles. The highest BCUT2D eigenvalue weighted by atomic mass is 35.5. The van der Waals surface area contributed by atoms with Crippen molar-refractivity contribution in [3.05, 3.63) is 75.4 Å². The zero-order valence-corrected chi connectivity index (χ0v) is 29.2. The summed E-state index contributed by atoms with van der Waals surface area (Å²) < 4.78 is 7.40. The number of nitrogens with one attached hydrogen (secondary N) is 4. The monoisotopic (exact) mass is 717 g/mol. The van der Waals surface area contributed by atoms with Gasteiger partial charge in [-0.1, -0.05) is 41.4 Å². The summed E-state index contributed by atoms with van der Waals surface area (Å²) in [5, 5.41) is 13.0. The number of aromatic nitrogens is 4. The molecule has 7 rings (SSSR count). The summed E-state index contributed by atoms with van der Waals surface area (Å²) in [7, 11) is 3.38. The van der Waals surface area contributed by atoms with E-state index >= 15 is 0 Å². The molecule has 260 valence electrons. The molecular weight excluding hydrogens is 681 g/mol. The number of pyridine rings is 2. The molecule has 2 fully saturated rings. The van der Waals surface area contributed by atoms with Gasteiger partial charge in [-0.05, 0) is 24.6 Å². The molecule has 0 saturated carbocycles. The van der Waals surface area contributed by atoms with Crippen LogP contribution in [0.5, 0.6) is 5.88 Å². The Morgan fingerprint density at radius 2 is 1.90 bits per heavy atom. The minimum absolute atomic E-state index is 0.00724. The predicted octanol–water partition coefficient (Wildman–Crippen LogP) is 3.58. The molecule has 4 N–H and O–H groups in total. The number of ether oxygens (including phenoxy) is 1. The molecule has 0 aliphatic carbocycles. The van der Waals surface area contributed by atoms with Crippen LogP contribution >= 0.6 is 23.2 Å². The average Bonchev–Trinajstić information content (AvgIpc) is 3.66. The number of carbonyl (C=O) groups excluding carboxylic acids is 3. The van der Waals surface area contributed by atoms with Gasteiger partial charge in [-0.2, -0.15) is 0 Å². The van der Waals surface area contributed by atoms with Gasteiger partial charge in [0.2, 0.25) is 17.7 Å². The van der Waals surface area contributed by atoms with Crippen LogP contribution < -0.4 is 26.0 Å². The summed E-state index contributed by atoms with van der Waals surface area (Å²) in [4.78, 5) is 53.6. The summed E-state index contributed by atoms with van der Waals surface area (Å²) in [5.41, 5.74) is 5.08. The second-order valence-corrected chi connectivity index (χ2v) is 13.4. The molecule has 1 atom stereocenters. The number of halogens is 2. The van der Waals surface area contributed by atoms with E-state index in [0.717, 1.165) is 23.4 Å². The maximum atomic E-state index is 13.5. The Balaban J connectivity index is 1.08. The van der Waals surface area contributed by atoms with Gasteiger partial charge >= 0.3 is 0 Å². The van der Waals surface area contributed by atoms with Crippen LogP contribution in [0, 0.1) is 5.92 Å². The lowest BCUT2D eigenvalue weighted by Crippen LogP contribution is -2.52. The number of rotatable bonds is 10. The summed E-state index contributed by atoms with van der Waals surface area (Å²) in [6, 6.07) is 10.9. The molecule has 3 aliphatic heterocycles. The van der Waals surface area contributed by atoms with Crippen molar-refractivity contribution >= 4 is 46.6 Å². The van der Waals surface area contributed by atoms with Crippen LogP contribution in [0.2, 0.25) is 10.0 Å². The topological polar surface area (TPSA) is 155 Å². The first-order valence-electron chi connectivity index (χ1n) is 16.5. The van der Waals surface area contributed by atoms with Crippen LogP contribution in [0.3, 0.4) is 0 Å². The number of imidazole rings is 1. The minimum atomic E-state index is -0.423. The Hall–Kier alpha value is -4.56. The lowest BCUT2D eigenvalue weighted by Gasteiger charge is -2.34. The van der Waals surface area contributed by atoms with Gasteiger partial charge in [0, 0.05) is 87.2 Å². The molecule has 13 nitrogen and oxygen atoms in total. The molecule has 6 heterocycles. The average molecular weight is 719 g/mol. The van der Waals surface area contributed by atoms with Crippen molar-refractivity contribution in [1.29, 1.82) is 0 Å². The maximum Gasteiger partial charge on any atom is 0.291 e. The van der Waals surface area contributed by atoms with Crippen LogP contribution in [-0.2, 0) is 36.1 Å². The number of hydrogen-bond acceptors (Lipinski definition) is 9. The number of hydrogen-bond donors (Lipinski definition) is 4. The third kappa shape index (κ3) is 6.65. The van der Waals surface area contributed by atoms with Crippen molar-refractivity contribution in [2.75, 3.05) is 38.6 Å². The number of anilines is 1. The SMILES string of the molecule is COc1nc(-c2ccnc(-c3cccc(NC(=O)c4nc5c(n4C)CCN(C(=O)C4CNC4)C5)c3Cl)c2Cl)ccc1CNCC1CCC(=O)N1. The lowest BCUT2D eigenvalue weighted by atomic mass is 10.00. The second-order valence-electron chi connectivity index (χ2n) is 12.7. The van der Waals surface area contributed by atoms with Crippen LogP contribution in [-0.4, -0.2) is 81.5 Å². The molecule has 1 aromatic carbocycles. The van der Waals surface area contributed by atoms with E-state index in [0.29, 0.717) is 91.2 Å². The van der Waals surface area contributed by atoms with E-state index in [1.807, 2.05) is 24.1 Å². The molecule has 0 bridgehead atoms. The number of amides is 3. The van der Waals surface area contributed by atoms with Gasteiger partial charge in [0.1, 0.15) is 0 Å². The van der Waals surface area contributed by atoms with Crippen LogP contribution in [0.4, 0.5) is 5.69 Å². The van der Waals surface area contributed by atoms with Crippen LogP contribution in [0.25, 0.3) is 22.5 Å². The highest BCUT2D eigenvalue weighted by Crippen LogP contribution is 2.40. The van der Waals surface area contributed by atoms with E-state index < -0.39 is 5.91 Å². The van der Waals surface area contributed by atoms with Gasteiger partial charge in [-0.3, -0.25) is 19.4 Å². The zero-order chi connectivity index (χ0) is 34.9. The van der Waals surface area contributed by atoms with Crippen molar-refractivity contribution < 1.29 is 19.1 Å². The Morgan fingerprint density at radius 3 is 2.64 bits per heavy atom. The standard InChI is InChI=1S/C35H37Cl2N9O4/c1-45-27-11-13-46(35(49)20-15-38-16-20)18-26(27)42-32(45)33(48)43-25-5-3-4-23(29(25)36)31-30(37)22(10-12-40-31)24-8-6-19(34(44-24)50-2)14-39-17-21-7-9-28(47)41-21/h3-6,8,10,12,20-21,38-39H,7,9,11,13-18H2,1-2H3,(H,41,47)(H,43,48). The highest BCUT2D eigenvalue weighted by molar-refractivity contribution is 6.39. The summed E-state index contributed by atoms with van der Waals surface area (Å²) in [6.45, 7) is 3.54. The van der Waals surface area contributed by atoms with E-state index in [2.05, 4.69) is 31.2 Å². The molecule has 4 aromatic rings. The smallest absolute Gasteiger partial charge is 0.291 e. The van der Waals surface area contributed by atoms with Crippen molar-refractivity contribution in [2.45, 2.75) is 38.4 Å². The van der Waals surface area contributed by atoms with Gasteiger partial charge in [0.25, 0.3) is 5.91 Å². The second kappa shape index (κ2) is 14.4. The van der Waals surface area contributed by atoms with E-state index in [4.69, 9.17) is 32.9 Å². The maximum absolute atomic E-state index is 13.5. The number of carbonyl (C=O) groups is 3. The number of nitrogens with zero attached hydrogens (tertiary/aromatic N) is 5. The quantitative estimate of drug-likeness (QED) is 0.193. The number of benzene rings is 1. The van der Waals surface area contributed by atoms with Crippen LogP contribution in [0.1, 0.15) is 40.4 Å². The molecule has 15 heteroatoms. The normalized spacial score (nSPS) is 17.2. The third-order valence-corrected chi connectivity index (χ3v) is 10.3. The third-order valence-electron chi connectivity index (χ3n) is 9.49. The highest BCUT2D eigenvalue weighted by Gasteiger charge is 2.33. The van der Waals surface area contributed by atoms with Gasteiger partial charge in [-0.15, -0.1) is 0 Å². The van der Waals surface area contributed by atoms with E-state index in [-0.39, 0.29) is 34.6 Å². The van der Waals surface area contributed by atoms with E-state index in [9.17, 15) is 14.4 Å². The van der Waals surface area contributed by atoms with Crippen molar-refractivity contribution in [3.8, 4) is 28.4 Å². The fourth-order valence-corrected chi connectivity index (χ4v) is 7.17. The summed E-state index contributed by atoms with van der Waals surface area (Å²) in [6.07, 6.45) is 3.62. The molecule has 0 spiro atoms. The van der Waals surface area contributed by atoms with Crippen molar-refractivity contribution in [2.24, 2.45) is 13.0 Å². The minimum Gasteiger partial charge on any atom is -0.481 e. The Labute approximate surface area is 299 Å².